The lowest BCUT2D eigenvalue weighted by molar-refractivity contribution is -0.118. The van der Waals surface area contributed by atoms with Crippen LogP contribution in [0.5, 0.6) is 0 Å². The van der Waals surface area contributed by atoms with Gasteiger partial charge in [-0.25, -0.2) is 4.98 Å². The van der Waals surface area contributed by atoms with Crippen LogP contribution in [0.4, 0.5) is 5.69 Å². The van der Waals surface area contributed by atoms with Crippen LogP contribution < -0.4 is 10.6 Å². The third-order valence-corrected chi connectivity index (χ3v) is 5.15. The first kappa shape index (κ1) is 21.1. The Kier molecular flexibility index (Phi) is 6.46. The number of nitrogens with one attached hydrogen (secondary N) is 2. The SMILES string of the molecule is Cc1nccn1Cc1ccc(NC(=O)C(Cc2ccccc2)NC(=O)c2ccco2)cc1. The number of carbonyl (C=O) groups is 2. The van der Waals surface area contributed by atoms with Gasteiger partial charge in [-0.05, 0) is 42.3 Å². The highest BCUT2D eigenvalue weighted by atomic mass is 16.3. The molecular formula is C25H24N4O3. The van der Waals surface area contributed by atoms with E-state index in [9.17, 15) is 9.59 Å². The highest BCUT2D eigenvalue weighted by Gasteiger charge is 2.23. The van der Waals surface area contributed by atoms with E-state index in [0.717, 1.165) is 17.0 Å². The topological polar surface area (TPSA) is 89.2 Å². The number of hydrogen-bond acceptors (Lipinski definition) is 4. The second-order valence-electron chi connectivity index (χ2n) is 7.48. The van der Waals surface area contributed by atoms with Gasteiger partial charge in [0.25, 0.3) is 5.91 Å². The molecule has 0 fully saturated rings. The minimum Gasteiger partial charge on any atom is -0.459 e. The number of benzene rings is 2. The number of anilines is 1. The maximum absolute atomic E-state index is 13.0. The van der Waals surface area contributed by atoms with Crippen LogP contribution in [-0.4, -0.2) is 27.4 Å². The lowest BCUT2D eigenvalue weighted by atomic mass is 10.0. The molecule has 32 heavy (non-hydrogen) atoms. The summed E-state index contributed by atoms with van der Waals surface area (Å²) >= 11 is 0. The minimum atomic E-state index is -0.761. The predicted octanol–water partition coefficient (Wildman–Crippen LogP) is 3.81. The van der Waals surface area contributed by atoms with Crippen LogP contribution in [0.25, 0.3) is 0 Å². The number of amides is 2. The van der Waals surface area contributed by atoms with Crippen LogP contribution in [0.15, 0.2) is 89.8 Å². The van der Waals surface area contributed by atoms with Crippen LogP contribution in [0.3, 0.4) is 0 Å². The number of carbonyl (C=O) groups excluding carboxylic acids is 2. The van der Waals surface area contributed by atoms with Gasteiger partial charge in [-0.3, -0.25) is 9.59 Å². The third-order valence-electron chi connectivity index (χ3n) is 5.15. The van der Waals surface area contributed by atoms with Crippen molar-refractivity contribution in [3.8, 4) is 0 Å². The molecule has 0 aliphatic heterocycles. The largest absolute Gasteiger partial charge is 0.459 e. The van der Waals surface area contributed by atoms with Crippen molar-refractivity contribution in [3.05, 3.63) is 108 Å². The zero-order chi connectivity index (χ0) is 22.3. The van der Waals surface area contributed by atoms with Crippen LogP contribution in [0, 0.1) is 6.92 Å². The molecule has 1 atom stereocenters. The molecule has 2 heterocycles. The number of rotatable bonds is 8. The smallest absolute Gasteiger partial charge is 0.287 e. The lowest BCUT2D eigenvalue weighted by Crippen LogP contribution is -2.45. The zero-order valence-corrected chi connectivity index (χ0v) is 17.7. The van der Waals surface area contributed by atoms with Crippen molar-refractivity contribution in [2.24, 2.45) is 0 Å². The highest BCUT2D eigenvalue weighted by Crippen LogP contribution is 2.13. The Morgan fingerprint density at radius 2 is 1.78 bits per heavy atom. The number of imidazole rings is 1. The van der Waals surface area contributed by atoms with Gasteiger partial charge < -0.3 is 19.6 Å². The zero-order valence-electron chi connectivity index (χ0n) is 17.7. The van der Waals surface area contributed by atoms with E-state index in [1.165, 1.54) is 6.26 Å². The summed E-state index contributed by atoms with van der Waals surface area (Å²) in [5, 5.41) is 5.69. The van der Waals surface area contributed by atoms with Gasteiger partial charge in [0, 0.05) is 31.0 Å². The average molecular weight is 428 g/mol. The van der Waals surface area contributed by atoms with Crippen LogP contribution in [0.1, 0.15) is 27.5 Å². The number of hydrogen-bond donors (Lipinski definition) is 2. The first-order valence-corrected chi connectivity index (χ1v) is 10.3. The molecule has 162 valence electrons. The monoisotopic (exact) mass is 428 g/mol. The fraction of sp³-hybridized carbons (Fsp3) is 0.160. The molecule has 0 saturated carbocycles. The summed E-state index contributed by atoms with van der Waals surface area (Å²) in [6.45, 7) is 2.66. The van der Waals surface area contributed by atoms with Crippen LogP contribution >= 0.6 is 0 Å². The van der Waals surface area contributed by atoms with E-state index >= 15 is 0 Å². The number of aryl methyl sites for hydroxylation is 1. The molecule has 2 amide bonds. The molecule has 1 unspecified atom stereocenters. The first-order valence-electron chi connectivity index (χ1n) is 10.3. The summed E-state index contributed by atoms with van der Waals surface area (Å²) in [6.07, 6.45) is 5.49. The van der Waals surface area contributed by atoms with E-state index in [1.54, 1.807) is 18.3 Å². The third kappa shape index (κ3) is 5.31. The van der Waals surface area contributed by atoms with Gasteiger partial charge >= 0.3 is 0 Å². The van der Waals surface area contributed by atoms with Crippen molar-refractivity contribution in [1.82, 2.24) is 14.9 Å². The van der Waals surface area contributed by atoms with Crippen molar-refractivity contribution in [1.29, 1.82) is 0 Å². The quantitative estimate of drug-likeness (QED) is 0.447. The average Bonchev–Trinajstić information content (AvgIpc) is 3.48. The van der Waals surface area contributed by atoms with E-state index in [2.05, 4.69) is 15.6 Å². The highest BCUT2D eigenvalue weighted by molar-refractivity contribution is 6.00. The van der Waals surface area contributed by atoms with Crippen LogP contribution in [-0.2, 0) is 17.8 Å². The number of nitrogens with zero attached hydrogens (tertiary/aromatic N) is 2. The van der Waals surface area contributed by atoms with Crippen molar-refractivity contribution in [3.63, 3.8) is 0 Å². The van der Waals surface area contributed by atoms with E-state index in [1.807, 2.05) is 72.3 Å². The maximum atomic E-state index is 13.0. The molecule has 0 radical (unpaired) electrons. The molecule has 4 aromatic rings. The van der Waals surface area contributed by atoms with Crippen molar-refractivity contribution < 1.29 is 14.0 Å². The van der Waals surface area contributed by atoms with Gasteiger partial charge in [0.1, 0.15) is 11.9 Å². The molecule has 7 heteroatoms. The minimum absolute atomic E-state index is 0.162. The standard InChI is InChI=1S/C25H24N4O3/c1-18-26-13-14-29(18)17-20-9-11-21(12-10-20)27-24(30)22(16-19-6-3-2-4-7-19)28-25(31)23-8-5-15-32-23/h2-15,22H,16-17H2,1H3,(H,27,30)(H,28,31). The summed E-state index contributed by atoms with van der Waals surface area (Å²) in [5.41, 5.74) is 2.70. The Morgan fingerprint density at radius 1 is 1.00 bits per heavy atom. The van der Waals surface area contributed by atoms with Crippen LogP contribution in [0.2, 0.25) is 0 Å². The van der Waals surface area contributed by atoms with Crippen molar-refractivity contribution >= 4 is 17.5 Å². The Bertz CT molecular complexity index is 1170. The first-order chi connectivity index (χ1) is 15.6. The van der Waals surface area contributed by atoms with Gasteiger partial charge in [-0.1, -0.05) is 42.5 Å². The molecular weight excluding hydrogens is 404 g/mol. The normalized spacial score (nSPS) is 11.7. The summed E-state index contributed by atoms with van der Waals surface area (Å²) in [4.78, 5) is 29.8. The number of aromatic nitrogens is 2. The molecule has 7 nitrogen and oxygen atoms in total. The van der Waals surface area contributed by atoms with Gasteiger partial charge in [-0.15, -0.1) is 0 Å². The second-order valence-corrected chi connectivity index (χ2v) is 7.48. The van der Waals surface area contributed by atoms with E-state index in [-0.39, 0.29) is 11.7 Å². The molecule has 0 spiro atoms. The fourth-order valence-corrected chi connectivity index (χ4v) is 3.39. The lowest BCUT2D eigenvalue weighted by Gasteiger charge is -2.18. The molecule has 0 aliphatic carbocycles. The Morgan fingerprint density at radius 3 is 2.44 bits per heavy atom. The van der Waals surface area contributed by atoms with E-state index < -0.39 is 11.9 Å². The molecule has 0 bridgehead atoms. The summed E-state index contributed by atoms with van der Waals surface area (Å²) in [7, 11) is 0. The van der Waals surface area contributed by atoms with E-state index in [0.29, 0.717) is 18.7 Å². The Balaban J connectivity index is 1.45. The molecule has 0 aliphatic rings. The Labute approximate surface area is 186 Å². The maximum Gasteiger partial charge on any atom is 0.287 e. The summed E-state index contributed by atoms with van der Waals surface area (Å²) < 4.78 is 7.21. The molecule has 2 aromatic heterocycles. The van der Waals surface area contributed by atoms with Crippen molar-refractivity contribution in [2.45, 2.75) is 25.9 Å². The second kappa shape index (κ2) is 9.78. The van der Waals surface area contributed by atoms with Gasteiger partial charge in [0.2, 0.25) is 5.91 Å². The summed E-state index contributed by atoms with van der Waals surface area (Å²) in [6, 6.07) is 19.6. The molecule has 2 N–H and O–H groups in total. The van der Waals surface area contributed by atoms with Crippen molar-refractivity contribution in [2.75, 3.05) is 5.32 Å². The number of furan rings is 1. The molecule has 2 aromatic carbocycles. The Hall–Kier alpha value is -4.13. The van der Waals surface area contributed by atoms with Gasteiger partial charge in [0.15, 0.2) is 5.76 Å². The van der Waals surface area contributed by atoms with Gasteiger partial charge in [0.05, 0.1) is 6.26 Å². The van der Waals surface area contributed by atoms with Gasteiger partial charge in [-0.2, -0.15) is 0 Å². The molecule has 4 rings (SSSR count). The predicted molar refractivity (Wildman–Crippen MR) is 121 cm³/mol. The fourth-order valence-electron chi connectivity index (χ4n) is 3.39. The van der Waals surface area contributed by atoms with E-state index in [4.69, 9.17) is 4.42 Å². The molecule has 0 saturated heterocycles. The summed E-state index contributed by atoms with van der Waals surface area (Å²) in [5.74, 6) is 0.373.